The third-order valence-electron chi connectivity index (χ3n) is 2.93. The van der Waals surface area contributed by atoms with Gasteiger partial charge in [0.15, 0.2) is 0 Å². The maximum Gasteiger partial charge on any atom is 0.407 e. The van der Waals surface area contributed by atoms with E-state index in [4.69, 9.17) is 10.5 Å². The Kier molecular flexibility index (Phi) is 4.82. The van der Waals surface area contributed by atoms with Crippen LogP contribution in [0, 0.1) is 0 Å². The lowest BCUT2D eigenvalue weighted by Crippen LogP contribution is -2.36. The highest BCUT2D eigenvalue weighted by Crippen LogP contribution is 2.19. The number of nitrogens with zero attached hydrogens (tertiary/aromatic N) is 1. The van der Waals surface area contributed by atoms with Gasteiger partial charge in [-0.2, -0.15) is 5.10 Å². The minimum atomic E-state index is -0.525. The smallest absolute Gasteiger partial charge is 0.407 e. The van der Waals surface area contributed by atoms with E-state index in [0.29, 0.717) is 0 Å². The second-order valence-corrected chi connectivity index (χ2v) is 6.06. The van der Waals surface area contributed by atoms with E-state index < -0.39 is 11.7 Å². The summed E-state index contributed by atoms with van der Waals surface area (Å²) in [4.78, 5) is 11.6. The Morgan fingerprint density at radius 1 is 1.36 bits per heavy atom. The first-order valence-corrected chi connectivity index (χ1v) is 7.18. The van der Waals surface area contributed by atoms with Crippen LogP contribution in [0.4, 0.5) is 4.79 Å². The van der Waals surface area contributed by atoms with Gasteiger partial charge in [-0.25, -0.2) is 4.79 Å². The molecule has 1 atom stereocenters. The number of aromatic nitrogens is 2. The molecular weight excluding hydrogens is 280 g/mol. The number of aromatic amines is 1. The van der Waals surface area contributed by atoms with Crippen molar-refractivity contribution in [3.05, 3.63) is 42.1 Å². The molecule has 6 nitrogen and oxygen atoms in total. The highest BCUT2D eigenvalue weighted by atomic mass is 16.6. The normalized spacial score (nSPS) is 12.7. The number of hydrogen-bond acceptors (Lipinski definition) is 4. The Labute approximate surface area is 130 Å². The van der Waals surface area contributed by atoms with E-state index in [1.165, 1.54) is 0 Å². The van der Waals surface area contributed by atoms with Crippen LogP contribution in [0.1, 0.15) is 32.5 Å². The van der Waals surface area contributed by atoms with Crippen molar-refractivity contribution in [3.63, 3.8) is 0 Å². The number of carbonyl (C=O) groups excluding carboxylic acids is 1. The Morgan fingerprint density at radius 2 is 2.05 bits per heavy atom. The second kappa shape index (κ2) is 6.62. The Balaban J connectivity index is 1.92. The van der Waals surface area contributed by atoms with Crippen molar-refractivity contribution < 1.29 is 9.53 Å². The summed E-state index contributed by atoms with van der Waals surface area (Å²) in [6.07, 6.45) is -0.481. The maximum atomic E-state index is 11.6. The van der Waals surface area contributed by atoms with Crippen molar-refractivity contribution in [1.29, 1.82) is 0 Å². The van der Waals surface area contributed by atoms with Crippen LogP contribution in [0.25, 0.3) is 11.3 Å². The van der Waals surface area contributed by atoms with Gasteiger partial charge in [0, 0.05) is 12.1 Å². The molecule has 2 rings (SSSR count). The molecule has 118 valence electrons. The molecule has 0 radical (unpaired) electrons. The van der Waals surface area contributed by atoms with Gasteiger partial charge in [-0.05, 0) is 26.8 Å². The highest BCUT2D eigenvalue weighted by Gasteiger charge is 2.17. The molecule has 22 heavy (non-hydrogen) atoms. The third-order valence-corrected chi connectivity index (χ3v) is 2.93. The summed E-state index contributed by atoms with van der Waals surface area (Å²) in [5, 5.41) is 9.81. The van der Waals surface area contributed by atoms with E-state index in [0.717, 1.165) is 17.0 Å². The van der Waals surface area contributed by atoms with Crippen molar-refractivity contribution >= 4 is 6.09 Å². The van der Waals surface area contributed by atoms with E-state index in [2.05, 4.69) is 15.5 Å². The number of nitrogens with one attached hydrogen (secondary N) is 2. The van der Waals surface area contributed by atoms with Crippen LogP contribution < -0.4 is 11.1 Å². The van der Waals surface area contributed by atoms with E-state index >= 15 is 0 Å². The largest absolute Gasteiger partial charge is 0.444 e. The summed E-state index contributed by atoms with van der Waals surface area (Å²) in [5.41, 5.74) is 8.12. The predicted octanol–water partition coefficient (Wildman–Crippen LogP) is 2.60. The molecule has 1 unspecified atom stereocenters. The van der Waals surface area contributed by atoms with Crippen LogP contribution in [0.3, 0.4) is 0 Å². The molecule has 4 N–H and O–H groups in total. The Hall–Kier alpha value is -2.34. The van der Waals surface area contributed by atoms with Crippen LogP contribution in [0.15, 0.2) is 36.4 Å². The number of ether oxygens (including phenoxy) is 1. The molecule has 0 saturated heterocycles. The standard InChI is InChI=1S/C16H22N4O2/c1-16(2,3)22-15(21)18-10-12(17)14-9-13(19-20-14)11-7-5-4-6-8-11/h4-9,12H,10,17H2,1-3H3,(H,18,21)(H,19,20). The van der Waals surface area contributed by atoms with Crippen LogP contribution in [0.2, 0.25) is 0 Å². The molecule has 0 aliphatic carbocycles. The zero-order chi connectivity index (χ0) is 16.2. The summed E-state index contributed by atoms with van der Waals surface area (Å²) in [5.74, 6) is 0. The molecule has 1 amide bonds. The Morgan fingerprint density at radius 3 is 2.68 bits per heavy atom. The molecular formula is C16H22N4O2. The third kappa shape index (κ3) is 4.60. The van der Waals surface area contributed by atoms with E-state index in [1.54, 1.807) is 0 Å². The van der Waals surface area contributed by atoms with Crippen LogP contribution in [-0.4, -0.2) is 28.4 Å². The van der Waals surface area contributed by atoms with E-state index in [9.17, 15) is 4.79 Å². The van der Waals surface area contributed by atoms with Crippen LogP contribution >= 0.6 is 0 Å². The summed E-state index contributed by atoms with van der Waals surface area (Å²) in [6, 6.07) is 11.3. The monoisotopic (exact) mass is 302 g/mol. The number of benzene rings is 1. The van der Waals surface area contributed by atoms with Gasteiger partial charge in [0.25, 0.3) is 0 Å². The number of alkyl carbamates (subject to hydrolysis) is 1. The minimum absolute atomic E-state index is 0.269. The lowest BCUT2D eigenvalue weighted by atomic mass is 10.1. The lowest BCUT2D eigenvalue weighted by Gasteiger charge is -2.20. The van der Waals surface area contributed by atoms with Gasteiger partial charge in [-0.1, -0.05) is 30.3 Å². The molecule has 0 saturated carbocycles. The topological polar surface area (TPSA) is 93.0 Å². The number of nitrogens with two attached hydrogens (primary N) is 1. The van der Waals surface area contributed by atoms with Crippen molar-refractivity contribution in [2.24, 2.45) is 5.73 Å². The molecule has 2 aromatic rings. The number of carbonyl (C=O) groups is 1. The number of hydrogen-bond donors (Lipinski definition) is 3. The number of rotatable bonds is 4. The molecule has 0 fully saturated rings. The second-order valence-electron chi connectivity index (χ2n) is 6.06. The fraction of sp³-hybridized carbons (Fsp3) is 0.375. The zero-order valence-corrected chi connectivity index (χ0v) is 13.1. The molecule has 0 aliphatic rings. The van der Waals surface area contributed by atoms with Crippen molar-refractivity contribution in [1.82, 2.24) is 15.5 Å². The van der Waals surface area contributed by atoms with Gasteiger partial charge in [0.1, 0.15) is 5.60 Å². The SMILES string of the molecule is CC(C)(C)OC(=O)NCC(N)c1cc(-c2ccccc2)n[nH]1. The van der Waals surface area contributed by atoms with Gasteiger partial charge >= 0.3 is 6.09 Å². The molecule has 1 heterocycles. The lowest BCUT2D eigenvalue weighted by molar-refractivity contribution is 0.0524. The molecule has 1 aromatic carbocycles. The van der Waals surface area contributed by atoms with Crippen molar-refractivity contribution in [2.45, 2.75) is 32.4 Å². The Bertz CT molecular complexity index is 617. The van der Waals surface area contributed by atoms with Gasteiger partial charge in [-0.3, -0.25) is 5.10 Å². The molecule has 0 aliphatic heterocycles. The summed E-state index contributed by atoms with van der Waals surface area (Å²) in [6.45, 7) is 5.71. The molecule has 0 spiro atoms. The summed E-state index contributed by atoms with van der Waals surface area (Å²) in [7, 11) is 0. The fourth-order valence-corrected chi connectivity index (χ4v) is 1.90. The average Bonchev–Trinajstić information content (AvgIpc) is 2.94. The number of H-pyrrole nitrogens is 1. The van der Waals surface area contributed by atoms with Crippen molar-refractivity contribution in [2.75, 3.05) is 6.54 Å². The van der Waals surface area contributed by atoms with Crippen LogP contribution in [0.5, 0.6) is 0 Å². The summed E-state index contributed by atoms with van der Waals surface area (Å²) < 4.78 is 5.17. The molecule has 6 heteroatoms. The fourth-order valence-electron chi connectivity index (χ4n) is 1.90. The van der Waals surface area contributed by atoms with E-state index in [-0.39, 0.29) is 12.6 Å². The van der Waals surface area contributed by atoms with Crippen LogP contribution in [-0.2, 0) is 4.74 Å². The maximum absolute atomic E-state index is 11.6. The van der Waals surface area contributed by atoms with E-state index in [1.807, 2.05) is 57.2 Å². The quantitative estimate of drug-likeness (QED) is 0.809. The van der Waals surface area contributed by atoms with Gasteiger partial charge in [0.05, 0.1) is 17.4 Å². The van der Waals surface area contributed by atoms with Gasteiger partial charge < -0.3 is 15.8 Å². The average molecular weight is 302 g/mol. The first-order valence-electron chi connectivity index (χ1n) is 7.18. The first kappa shape index (κ1) is 16.0. The predicted molar refractivity (Wildman–Crippen MR) is 85.2 cm³/mol. The van der Waals surface area contributed by atoms with Crippen molar-refractivity contribution in [3.8, 4) is 11.3 Å². The zero-order valence-electron chi connectivity index (χ0n) is 13.1. The molecule has 1 aromatic heterocycles. The van der Waals surface area contributed by atoms with Gasteiger partial charge in [-0.15, -0.1) is 0 Å². The molecule has 0 bridgehead atoms. The minimum Gasteiger partial charge on any atom is -0.444 e. The van der Waals surface area contributed by atoms with Gasteiger partial charge in [0.2, 0.25) is 0 Å². The highest BCUT2D eigenvalue weighted by molar-refractivity contribution is 5.67. The summed E-state index contributed by atoms with van der Waals surface area (Å²) >= 11 is 0. The first-order chi connectivity index (χ1) is 10.3. The number of amides is 1.